The van der Waals surface area contributed by atoms with E-state index in [2.05, 4.69) is 9.97 Å². The van der Waals surface area contributed by atoms with Crippen molar-refractivity contribution in [2.24, 2.45) is 0 Å². The summed E-state index contributed by atoms with van der Waals surface area (Å²) < 4.78 is 11.0. The fourth-order valence-electron chi connectivity index (χ4n) is 5.05. The molecule has 0 aliphatic carbocycles. The van der Waals surface area contributed by atoms with Crippen LogP contribution in [0.25, 0.3) is 16.8 Å². The van der Waals surface area contributed by atoms with Crippen LogP contribution in [0.2, 0.25) is 0 Å². The number of carbonyl (C=O) groups excluding carboxylic acids is 2. The third-order valence-corrected chi connectivity index (χ3v) is 7.15. The molecule has 202 valence electrons. The van der Waals surface area contributed by atoms with Crippen molar-refractivity contribution >= 4 is 46.1 Å². The van der Waals surface area contributed by atoms with Crippen LogP contribution in [0.5, 0.6) is 11.5 Å². The molecule has 2 aliphatic heterocycles. The molecule has 2 aliphatic rings. The lowest BCUT2D eigenvalue weighted by Crippen LogP contribution is -2.30. The number of imidazole rings is 1. The van der Waals surface area contributed by atoms with Crippen molar-refractivity contribution in [2.75, 3.05) is 37.1 Å². The number of rotatable bonds is 5. The molecule has 0 radical (unpaired) electrons. The molecule has 1 fully saturated rings. The minimum atomic E-state index is -1.11. The number of anilines is 2. The van der Waals surface area contributed by atoms with Crippen molar-refractivity contribution in [3.8, 4) is 11.5 Å². The van der Waals surface area contributed by atoms with Crippen LogP contribution in [0.3, 0.4) is 0 Å². The highest BCUT2D eigenvalue weighted by molar-refractivity contribution is 6.51. The summed E-state index contributed by atoms with van der Waals surface area (Å²) in [4.78, 5) is 49.1. The fraction of sp³-hybridized carbons (Fsp3) is 0.172. The summed E-state index contributed by atoms with van der Waals surface area (Å²) >= 11 is 0. The van der Waals surface area contributed by atoms with Gasteiger partial charge < -0.3 is 29.6 Å². The van der Waals surface area contributed by atoms with Gasteiger partial charge in [-0.3, -0.25) is 14.5 Å². The minimum absolute atomic E-state index is 0.0396. The van der Waals surface area contributed by atoms with Gasteiger partial charge in [-0.05, 0) is 54.1 Å². The number of hydrogen-bond donors (Lipinski definition) is 3. The first kappa shape index (κ1) is 25.0. The first-order valence-corrected chi connectivity index (χ1v) is 12.4. The highest BCUT2D eigenvalue weighted by Gasteiger charge is 2.48. The number of fused-ring (bicyclic) bond motifs is 2. The molecule has 1 unspecified atom stereocenters. The van der Waals surface area contributed by atoms with E-state index in [1.165, 1.54) is 30.2 Å². The molecule has 0 bridgehead atoms. The molecule has 0 spiro atoms. The van der Waals surface area contributed by atoms with Crippen molar-refractivity contribution in [1.82, 2.24) is 9.97 Å². The van der Waals surface area contributed by atoms with Gasteiger partial charge >= 0.3 is 11.9 Å². The topological polar surface area (TPSA) is 145 Å². The van der Waals surface area contributed by atoms with E-state index in [9.17, 15) is 24.6 Å². The van der Waals surface area contributed by atoms with E-state index in [4.69, 9.17) is 9.47 Å². The number of benzene rings is 3. The summed E-state index contributed by atoms with van der Waals surface area (Å²) in [7, 11) is 3.43. The zero-order chi connectivity index (χ0) is 28.1. The normalized spacial score (nSPS) is 18.1. The number of amides is 1. The van der Waals surface area contributed by atoms with Crippen LogP contribution in [0.4, 0.5) is 11.6 Å². The molecule has 11 heteroatoms. The average Bonchev–Trinajstić information content (AvgIpc) is 3.50. The summed E-state index contributed by atoms with van der Waals surface area (Å²) in [5.41, 5.74) is 2.35. The molecule has 3 heterocycles. The van der Waals surface area contributed by atoms with Gasteiger partial charge in [0.15, 0.2) is 0 Å². The maximum absolute atomic E-state index is 13.5. The Morgan fingerprint density at radius 3 is 2.52 bits per heavy atom. The Bertz CT molecular complexity index is 1720. The molecular weight excluding hydrogens is 516 g/mol. The number of carboxylic acids is 1. The van der Waals surface area contributed by atoms with Crippen LogP contribution in [0.1, 0.15) is 27.5 Å². The Morgan fingerprint density at radius 2 is 1.80 bits per heavy atom. The summed E-state index contributed by atoms with van der Waals surface area (Å²) in [6.45, 7) is 1.19. The molecule has 1 saturated heterocycles. The quantitative estimate of drug-likeness (QED) is 0.196. The molecule has 1 amide bonds. The van der Waals surface area contributed by atoms with E-state index in [0.717, 1.165) is 5.69 Å². The number of hydrogen-bond acceptors (Lipinski definition) is 8. The molecule has 11 nitrogen and oxygen atoms in total. The number of nitrogens with one attached hydrogen (secondary N) is 1. The Balaban J connectivity index is 1.52. The molecular formula is C29H24N4O7. The van der Waals surface area contributed by atoms with Gasteiger partial charge in [0.05, 0.1) is 47.6 Å². The Labute approximate surface area is 227 Å². The predicted molar refractivity (Wildman–Crippen MR) is 146 cm³/mol. The number of ether oxygens (including phenoxy) is 2. The number of methoxy groups -OCH3 is 1. The second-order valence-electron chi connectivity index (χ2n) is 9.49. The number of aromatic carboxylic acids is 1. The van der Waals surface area contributed by atoms with Gasteiger partial charge in [-0.2, -0.15) is 0 Å². The first-order chi connectivity index (χ1) is 19.3. The van der Waals surface area contributed by atoms with Crippen LogP contribution in [-0.4, -0.2) is 65.1 Å². The molecule has 6 rings (SSSR count). The molecule has 1 aromatic heterocycles. The number of Topliss-reactive ketones (excluding diaryl/α,β-unsaturated/α-hetero) is 1. The largest absolute Gasteiger partial charge is 0.507 e. The zero-order valence-electron chi connectivity index (χ0n) is 21.5. The Hall–Kier alpha value is -5.32. The smallest absolute Gasteiger partial charge is 0.335 e. The van der Waals surface area contributed by atoms with Crippen molar-refractivity contribution < 1.29 is 34.1 Å². The highest BCUT2D eigenvalue weighted by Crippen LogP contribution is 2.43. The SMILES string of the molecule is COc1ccc(C2/C(=C(\O)c3ccc4c(c3)N(C)CCO4)C(=O)C(=O)N2c2nc3ccc(C(=O)O)cc3[nH]2)cc1. The molecule has 3 N–H and O–H groups in total. The lowest BCUT2D eigenvalue weighted by atomic mass is 9.95. The van der Waals surface area contributed by atoms with Crippen LogP contribution in [0.15, 0.2) is 66.2 Å². The lowest BCUT2D eigenvalue weighted by Gasteiger charge is -2.28. The minimum Gasteiger partial charge on any atom is -0.507 e. The molecule has 3 aromatic carbocycles. The van der Waals surface area contributed by atoms with Crippen LogP contribution >= 0.6 is 0 Å². The number of aliphatic hydroxyl groups excluding tert-OH is 1. The standard InChI is InChI=1S/C29H24N4O7/c1-32-11-12-40-22-10-6-16(14-21(22)32)25(34)23-24(15-3-7-18(39-2)8-4-15)33(27(36)26(23)35)29-30-19-9-5-17(28(37)38)13-20(19)31-29/h3-10,13-14,24,34H,11-12H2,1-2H3,(H,30,31)(H,37,38)/b25-23+. The number of nitrogens with zero attached hydrogens (tertiary/aromatic N) is 3. The summed E-state index contributed by atoms with van der Waals surface area (Å²) in [5, 5.41) is 20.9. The maximum atomic E-state index is 13.5. The van der Waals surface area contributed by atoms with E-state index in [1.54, 1.807) is 42.5 Å². The number of aliphatic hydroxyl groups is 1. The number of carbonyl (C=O) groups is 3. The van der Waals surface area contributed by atoms with Crippen molar-refractivity contribution in [1.29, 1.82) is 0 Å². The Morgan fingerprint density at radius 1 is 1.05 bits per heavy atom. The number of aromatic nitrogens is 2. The van der Waals surface area contributed by atoms with Crippen LogP contribution < -0.4 is 19.3 Å². The predicted octanol–water partition coefficient (Wildman–Crippen LogP) is 3.72. The van der Waals surface area contributed by atoms with Gasteiger partial charge in [-0.1, -0.05) is 12.1 Å². The van der Waals surface area contributed by atoms with Gasteiger partial charge in [0.2, 0.25) is 5.95 Å². The highest BCUT2D eigenvalue weighted by atomic mass is 16.5. The third kappa shape index (κ3) is 3.99. The molecule has 1 atom stereocenters. The van der Waals surface area contributed by atoms with E-state index >= 15 is 0 Å². The second-order valence-corrected chi connectivity index (χ2v) is 9.49. The summed E-state index contributed by atoms with van der Waals surface area (Å²) in [6.07, 6.45) is 0. The van der Waals surface area contributed by atoms with Gasteiger partial charge in [0.1, 0.15) is 23.9 Å². The average molecular weight is 541 g/mol. The number of aromatic amines is 1. The van der Waals surface area contributed by atoms with Gasteiger partial charge in [0, 0.05) is 12.6 Å². The summed E-state index contributed by atoms with van der Waals surface area (Å²) in [6, 6.07) is 15.2. The Kier molecular flexibility index (Phi) is 5.91. The number of likely N-dealkylation sites (N-methyl/N-ethyl adjacent to an activating group) is 1. The first-order valence-electron chi connectivity index (χ1n) is 12.4. The van der Waals surface area contributed by atoms with E-state index in [0.29, 0.717) is 46.8 Å². The van der Waals surface area contributed by atoms with Crippen molar-refractivity contribution in [3.63, 3.8) is 0 Å². The van der Waals surface area contributed by atoms with Crippen LogP contribution in [0, 0.1) is 0 Å². The molecule has 40 heavy (non-hydrogen) atoms. The lowest BCUT2D eigenvalue weighted by molar-refractivity contribution is -0.132. The van der Waals surface area contributed by atoms with Gasteiger partial charge in [0.25, 0.3) is 5.78 Å². The van der Waals surface area contributed by atoms with E-state index < -0.39 is 23.7 Å². The molecule has 0 saturated carbocycles. The van der Waals surface area contributed by atoms with E-state index in [-0.39, 0.29) is 22.8 Å². The molecule has 4 aromatic rings. The number of carboxylic acid groups (broad SMARTS) is 1. The third-order valence-electron chi connectivity index (χ3n) is 7.15. The van der Waals surface area contributed by atoms with Crippen LogP contribution in [-0.2, 0) is 9.59 Å². The fourth-order valence-corrected chi connectivity index (χ4v) is 5.05. The second kappa shape index (κ2) is 9.45. The monoisotopic (exact) mass is 540 g/mol. The van der Waals surface area contributed by atoms with Crippen molar-refractivity contribution in [3.05, 3.63) is 82.9 Å². The van der Waals surface area contributed by atoms with Gasteiger partial charge in [-0.25, -0.2) is 9.78 Å². The van der Waals surface area contributed by atoms with Crippen molar-refractivity contribution in [2.45, 2.75) is 6.04 Å². The number of H-pyrrole nitrogens is 1. The van der Waals surface area contributed by atoms with Gasteiger partial charge in [-0.15, -0.1) is 0 Å². The summed E-state index contributed by atoms with van der Waals surface area (Å²) in [5.74, 6) is -1.96. The zero-order valence-corrected chi connectivity index (χ0v) is 21.5. The maximum Gasteiger partial charge on any atom is 0.335 e. The number of ketones is 1. The van der Waals surface area contributed by atoms with E-state index in [1.807, 2.05) is 11.9 Å².